The molecule has 64 heavy (non-hydrogen) atoms. The van der Waals surface area contributed by atoms with Gasteiger partial charge in [0.2, 0.25) is 35.7 Å². The number of nitrogens with zero attached hydrogens (tertiary/aromatic N) is 8. The molecule has 2 aromatic heterocycles. The van der Waals surface area contributed by atoms with Crippen LogP contribution in [0.2, 0.25) is 0 Å². The highest BCUT2D eigenvalue weighted by Gasteiger charge is 2.24. The van der Waals surface area contributed by atoms with Gasteiger partial charge in [-0.05, 0) is 84.3 Å². The maximum atomic E-state index is 12.7. The Morgan fingerprint density at radius 1 is 0.438 bits per heavy atom. The van der Waals surface area contributed by atoms with Gasteiger partial charge in [0, 0.05) is 59.4 Å². The fraction of sp³-hybridized carbons (Fsp3) is 0.182. The third kappa shape index (κ3) is 8.45. The van der Waals surface area contributed by atoms with Gasteiger partial charge in [0.05, 0.1) is 10.6 Å². The number of benzene rings is 6. The number of nitrogens with one attached hydrogen (secondary N) is 4. The fourth-order valence-electron chi connectivity index (χ4n) is 8.16. The van der Waals surface area contributed by atoms with Gasteiger partial charge in [-0.1, -0.05) is 66.7 Å². The van der Waals surface area contributed by atoms with Gasteiger partial charge in [0.1, 0.15) is 4.90 Å². The van der Waals surface area contributed by atoms with Crippen LogP contribution in [-0.4, -0.2) is 82.0 Å². The summed E-state index contributed by atoms with van der Waals surface area (Å²) in [5.41, 5.74) is 2.19. The van der Waals surface area contributed by atoms with E-state index in [1.54, 1.807) is 54.6 Å². The molecule has 4 heterocycles. The Morgan fingerprint density at radius 2 is 0.891 bits per heavy atom. The minimum Gasteiger partial charge on any atom is -0.341 e. The van der Waals surface area contributed by atoms with Crippen molar-refractivity contribution in [1.82, 2.24) is 29.9 Å². The number of fused-ring (bicyclic) bond motifs is 3. The van der Waals surface area contributed by atoms with Gasteiger partial charge in [0.25, 0.3) is 20.2 Å². The first-order chi connectivity index (χ1) is 30.9. The number of hydrogen-bond acceptors (Lipinski definition) is 16. The van der Waals surface area contributed by atoms with E-state index < -0.39 is 20.2 Å². The van der Waals surface area contributed by atoms with E-state index in [9.17, 15) is 25.9 Å². The third-order valence-electron chi connectivity index (χ3n) is 11.2. The standard InChI is InChI=1S/C44H40N12O6S2/c57-63(58,59)31-17-14-28-25-30(16-13-29(28)26-31)45-39-49-40(52-43(51-39)55-21-5-6-22-55)46-35-19-20-36(34-12-4-3-11-33(34)35)47-41-50-42(54-44(53-41)56-23-7-8-24-56)48-37-18-15-27-9-1-2-10-32(27)38(37)64(60,61)62/h1-4,9-20,25-26H,5-8,21-24H2,(H,57,58,59)(H,60,61,62)(H2,45,46,49,51,52)(H2,47,48,50,53,54). The summed E-state index contributed by atoms with van der Waals surface area (Å²) in [5.74, 6) is 1.85. The maximum absolute atomic E-state index is 12.7. The smallest absolute Gasteiger partial charge is 0.297 e. The van der Waals surface area contributed by atoms with Crippen molar-refractivity contribution < 1.29 is 25.9 Å². The molecule has 2 fully saturated rings. The summed E-state index contributed by atoms with van der Waals surface area (Å²) < 4.78 is 68.8. The first-order valence-corrected chi connectivity index (χ1v) is 23.4. The molecule has 324 valence electrons. The molecule has 20 heteroatoms. The van der Waals surface area contributed by atoms with E-state index in [0.29, 0.717) is 51.3 Å². The van der Waals surface area contributed by atoms with Crippen LogP contribution in [0.4, 0.5) is 58.4 Å². The van der Waals surface area contributed by atoms with E-state index in [2.05, 4.69) is 36.1 Å². The third-order valence-corrected chi connectivity index (χ3v) is 13.0. The van der Waals surface area contributed by atoms with E-state index in [4.69, 9.17) is 19.9 Å². The van der Waals surface area contributed by atoms with Crippen molar-refractivity contribution in [2.75, 3.05) is 57.2 Å². The second-order valence-electron chi connectivity index (χ2n) is 15.5. The van der Waals surface area contributed by atoms with Gasteiger partial charge in [-0.3, -0.25) is 9.11 Å². The number of anilines is 10. The zero-order chi connectivity index (χ0) is 44.0. The van der Waals surface area contributed by atoms with Gasteiger partial charge in [0.15, 0.2) is 0 Å². The predicted octanol–water partition coefficient (Wildman–Crippen LogP) is 8.18. The number of rotatable bonds is 12. The van der Waals surface area contributed by atoms with E-state index in [1.165, 1.54) is 12.1 Å². The predicted molar refractivity (Wildman–Crippen MR) is 247 cm³/mol. The molecular formula is C44H40N12O6S2. The van der Waals surface area contributed by atoms with Crippen molar-refractivity contribution in [3.8, 4) is 0 Å². The van der Waals surface area contributed by atoms with Crippen LogP contribution < -0.4 is 31.1 Å². The Balaban J connectivity index is 0.970. The lowest BCUT2D eigenvalue weighted by Crippen LogP contribution is -2.22. The SMILES string of the molecule is O=S(=O)(O)c1ccc2cc(Nc3nc(Nc4ccc(Nc5nc(Nc6ccc7ccccc7c6S(=O)(=O)O)nc(N6CCCC6)n5)c5ccccc45)nc(N4CCCC4)n3)ccc2c1. The molecule has 0 spiro atoms. The Kier molecular flexibility index (Phi) is 10.5. The summed E-state index contributed by atoms with van der Waals surface area (Å²) in [5, 5.41) is 17.2. The highest BCUT2D eigenvalue weighted by Crippen LogP contribution is 2.36. The number of aromatic nitrogens is 6. The van der Waals surface area contributed by atoms with Crippen LogP contribution in [0.1, 0.15) is 25.7 Å². The van der Waals surface area contributed by atoms with Gasteiger partial charge in [-0.15, -0.1) is 0 Å². The summed E-state index contributed by atoms with van der Waals surface area (Å²) in [6.07, 6.45) is 3.97. The quantitative estimate of drug-likeness (QED) is 0.0633. The normalized spacial score (nSPS) is 14.4. The summed E-state index contributed by atoms with van der Waals surface area (Å²) in [4.78, 5) is 32.2. The molecule has 18 nitrogen and oxygen atoms in total. The largest absolute Gasteiger partial charge is 0.341 e. The molecule has 2 aliphatic heterocycles. The molecule has 2 saturated heterocycles. The molecule has 6 aromatic carbocycles. The van der Waals surface area contributed by atoms with Crippen molar-refractivity contribution in [1.29, 1.82) is 0 Å². The lowest BCUT2D eigenvalue weighted by atomic mass is 10.1. The molecule has 0 amide bonds. The Morgan fingerprint density at radius 3 is 1.44 bits per heavy atom. The molecular weight excluding hydrogens is 857 g/mol. The van der Waals surface area contributed by atoms with Crippen LogP contribution in [0.25, 0.3) is 32.3 Å². The zero-order valence-electron chi connectivity index (χ0n) is 34.0. The van der Waals surface area contributed by atoms with Gasteiger partial charge >= 0.3 is 0 Å². The van der Waals surface area contributed by atoms with Crippen molar-refractivity contribution in [3.05, 3.63) is 109 Å². The topological polar surface area (TPSA) is 241 Å². The van der Waals surface area contributed by atoms with E-state index in [-0.39, 0.29) is 27.4 Å². The van der Waals surface area contributed by atoms with Crippen LogP contribution in [0.5, 0.6) is 0 Å². The average molecular weight is 897 g/mol. The molecule has 0 radical (unpaired) electrons. The van der Waals surface area contributed by atoms with Crippen LogP contribution in [0, 0.1) is 0 Å². The molecule has 10 rings (SSSR count). The maximum Gasteiger partial charge on any atom is 0.297 e. The lowest BCUT2D eigenvalue weighted by Gasteiger charge is -2.19. The van der Waals surface area contributed by atoms with Crippen LogP contribution in [0.3, 0.4) is 0 Å². The average Bonchev–Trinajstić information content (AvgIpc) is 4.03. The van der Waals surface area contributed by atoms with Gasteiger partial charge in [-0.2, -0.15) is 46.7 Å². The first-order valence-electron chi connectivity index (χ1n) is 20.5. The molecule has 0 atom stereocenters. The van der Waals surface area contributed by atoms with Gasteiger partial charge in [-0.25, -0.2) is 0 Å². The summed E-state index contributed by atoms with van der Waals surface area (Å²) in [7, 11) is -9.00. The highest BCUT2D eigenvalue weighted by atomic mass is 32.2. The van der Waals surface area contributed by atoms with Crippen LogP contribution >= 0.6 is 0 Å². The van der Waals surface area contributed by atoms with Crippen molar-refractivity contribution in [3.63, 3.8) is 0 Å². The van der Waals surface area contributed by atoms with E-state index >= 15 is 0 Å². The van der Waals surface area contributed by atoms with Crippen LogP contribution in [0.15, 0.2) is 119 Å². The van der Waals surface area contributed by atoms with Crippen molar-refractivity contribution in [2.24, 2.45) is 0 Å². The highest BCUT2D eigenvalue weighted by molar-refractivity contribution is 7.86. The summed E-state index contributed by atoms with van der Waals surface area (Å²) >= 11 is 0. The first kappa shape index (κ1) is 40.8. The zero-order valence-corrected chi connectivity index (χ0v) is 35.6. The minimum atomic E-state index is -4.66. The Labute approximate surface area is 367 Å². The second-order valence-corrected chi connectivity index (χ2v) is 18.3. The molecule has 6 N–H and O–H groups in total. The molecule has 0 aliphatic carbocycles. The van der Waals surface area contributed by atoms with E-state index in [0.717, 1.165) is 73.7 Å². The molecule has 8 aromatic rings. The fourth-order valence-corrected chi connectivity index (χ4v) is 9.54. The Hall–Kier alpha value is -7.26. The number of hydrogen-bond donors (Lipinski definition) is 6. The molecule has 0 saturated carbocycles. The Bertz CT molecular complexity index is 3350. The van der Waals surface area contributed by atoms with Crippen LogP contribution in [-0.2, 0) is 20.2 Å². The molecule has 2 aliphatic rings. The molecule has 0 unspecified atom stereocenters. The summed E-state index contributed by atoms with van der Waals surface area (Å²) in [6.45, 7) is 3.09. The van der Waals surface area contributed by atoms with Crippen molar-refractivity contribution >= 4 is 111 Å². The van der Waals surface area contributed by atoms with E-state index in [1.807, 2.05) is 47.4 Å². The molecule has 0 bridgehead atoms. The van der Waals surface area contributed by atoms with Gasteiger partial charge < -0.3 is 31.1 Å². The minimum absolute atomic E-state index is 0.0882. The summed E-state index contributed by atoms with van der Waals surface area (Å²) in [6, 6.07) is 31.6. The van der Waals surface area contributed by atoms with Crippen molar-refractivity contribution in [2.45, 2.75) is 35.5 Å². The lowest BCUT2D eigenvalue weighted by molar-refractivity contribution is 0.481. The monoisotopic (exact) mass is 896 g/mol. The second kappa shape index (κ2) is 16.5.